The second-order valence-electron chi connectivity index (χ2n) is 10.1. The summed E-state index contributed by atoms with van der Waals surface area (Å²) >= 11 is 1.51. The Morgan fingerprint density at radius 1 is 1.19 bits per heavy atom. The third-order valence-corrected chi connectivity index (χ3v) is 6.66. The van der Waals surface area contributed by atoms with Crippen molar-refractivity contribution in [3.05, 3.63) is 35.3 Å². The molecule has 2 atom stereocenters. The van der Waals surface area contributed by atoms with Crippen LogP contribution in [0.3, 0.4) is 0 Å². The van der Waals surface area contributed by atoms with Crippen LogP contribution in [0.5, 0.6) is 11.5 Å². The first-order chi connectivity index (χ1) is 16.9. The van der Waals surface area contributed by atoms with E-state index in [9.17, 15) is 14.7 Å². The van der Waals surface area contributed by atoms with Crippen LogP contribution in [0.15, 0.2) is 29.6 Å². The molecule has 1 aromatic carbocycles. The van der Waals surface area contributed by atoms with E-state index in [1.807, 2.05) is 29.6 Å². The van der Waals surface area contributed by atoms with Crippen LogP contribution in [-0.4, -0.2) is 63.4 Å². The Labute approximate surface area is 214 Å². The lowest BCUT2D eigenvalue weighted by Gasteiger charge is -2.26. The van der Waals surface area contributed by atoms with E-state index in [0.717, 1.165) is 16.1 Å². The van der Waals surface area contributed by atoms with Crippen molar-refractivity contribution in [1.29, 1.82) is 0 Å². The fourth-order valence-electron chi connectivity index (χ4n) is 4.00. The lowest BCUT2D eigenvalue weighted by Crippen LogP contribution is -2.43. The predicted molar refractivity (Wildman–Crippen MR) is 137 cm³/mol. The van der Waals surface area contributed by atoms with E-state index in [1.54, 1.807) is 27.9 Å². The number of carboxylic acid groups (broad SMARTS) is 1. The molecule has 4 rings (SSSR count). The summed E-state index contributed by atoms with van der Waals surface area (Å²) in [6.45, 7) is 9.49. The summed E-state index contributed by atoms with van der Waals surface area (Å²) in [6, 6.07) is 6.29. The van der Waals surface area contributed by atoms with Crippen molar-refractivity contribution in [3.8, 4) is 22.2 Å². The van der Waals surface area contributed by atoms with Gasteiger partial charge in [0.25, 0.3) is 0 Å². The number of ether oxygens (including phenoxy) is 3. The average molecular weight is 514 g/mol. The highest BCUT2D eigenvalue weighted by atomic mass is 32.1. The molecule has 2 aromatic heterocycles. The van der Waals surface area contributed by atoms with Gasteiger partial charge >= 0.3 is 12.1 Å². The molecule has 0 aliphatic carbocycles. The molecule has 10 heteroatoms. The van der Waals surface area contributed by atoms with Gasteiger partial charge in [0.05, 0.1) is 24.9 Å². The number of rotatable bonds is 6. The van der Waals surface area contributed by atoms with Crippen molar-refractivity contribution >= 4 is 34.3 Å². The predicted octanol–water partition coefficient (Wildman–Crippen LogP) is 5.33. The number of likely N-dealkylation sites (tertiary alicyclic amines) is 1. The second-order valence-corrected chi connectivity index (χ2v) is 10.9. The Morgan fingerprint density at radius 2 is 1.94 bits per heavy atom. The summed E-state index contributed by atoms with van der Waals surface area (Å²) in [5.74, 6) is 0.389. The van der Waals surface area contributed by atoms with Gasteiger partial charge in [-0.1, -0.05) is 13.8 Å². The summed E-state index contributed by atoms with van der Waals surface area (Å²) in [4.78, 5) is 35.4. The minimum Gasteiger partial charge on any atom is -0.497 e. The number of carbonyl (C=O) groups excluding carboxylic acids is 1. The maximum absolute atomic E-state index is 12.7. The summed E-state index contributed by atoms with van der Waals surface area (Å²) in [5, 5.41) is 13.3. The molecule has 1 aliphatic rings. The van der Waals surface area contributed by atoms with Gasteiger partial charge < -0.3 is 19.3 Å². The molecule has 1 fully saturated rings. The average Bonchev–Trinajstić information content (AvgIpc) is 3.45. The molecule has 192 valence electrons. The number of hydrogen-bond donors (Lipinski definition) is 1. The number of carbonyl (C=O) groups is 2. The largest absolute Gasteiger partial charge is 0.497 e. The van der Waals surface area contributed by atoms with Crippen molar-refractivity contribution in [3.63, 3.8) is 0 Å². The number of hydrogen-bond acceptors (Lipinski definition) is 8. The van der Waals surface area contributed by atoms with E-state index in [2.05, 4.69) is 13.8 Å². The molecule has 0 radical (unpaired) electrons. The van der Waals surface area contributed by atoms with Crippen LogP contribution in [0.2, 0.25) is 0 Å². The van der Waals surface area contributed by atoms with E-state index in [1.165, 1.54) is 16.2 Å². The highest BCUT2D eigenvalue weighted by Gasteiger charge is 2.43. The second kappa shape index (κ2) is 9.93. The van der Waals surface area contributed by atoms with Gasteiger partial charge in [-0.2, -0.15) is 0 Å². The first kappa shape index (κ1) is 25.7. The fraction of sp³-hybridized carbons (Fsp3) is 0.462. The number of methoxy groups -OCH3 is 1. The molecule has 0 saturated carbocycles. The quantitative estimate of drug-likeness (QED) is 0.471. The van der Waals surface area contributed by atoms with Crippen molar-refractivity contribution in [2.24, 2.45) is 0 Å². The molecule has 3 aromatic rings. The number of benzene rings is 1. The molecular weight excluding hydrogens is 482 g/mol. The SMILES string of the molecule is COc1ccc2c(O[C@@H]3C[C@@H](C(=O)O)N(C(=O)OC(C)(C)C)C3)cc(-c3nc(C(C)C)cs3)nc2c1. The number of aromatic nitrogens is 2. The third-order valence-electron chi connectivity index (χ3n) is 5.78. The number of nitrogens with zero attached hydrogens (tertiary/aromatic N) is 3. The first-order valence-electron chi connectivity index (χ1n) is 11.8. The molecule has 36 heavy (non-hydrogen) atoms. The Balaban J connectivity index is 1.69. The Bertz CT molecular complexity index is 1280. The molecular formula is C26H31N3O6S. The lowest BCUT2D eigenvalue weighted by atomic mass is 10.1. The topological polar surface area (TPSA) is 111 Å². The Kier molecular flexibility index (Phi) is 7.08. The molecule has 1 aliphatic heterocycles. The maximum atomic E-state index is 12.7. The van der Waals surface area contributed by atoms with E-state index in [4.69, 9.17) is 24.2 Å². The molecule has 1 N–H and O–H groups in total. The van der Waals surface area contributed by atoms with E-state index in [0.29, 0.717) is 22.7 Å². The van der Waals surface area contributed by atoms with Crippen molar-refractivity contribution in [2.75, 3.05) is 13.7 Å². The summed E-state index contributed by atoms with van der Waals surface area (Å²) in [6.07, 6.45) is -1.07. The number of amides is 1. The van der Waals surface area contributed by atoms with Crippen LogP contribution in [0.1, 0.15) is 52.7 Å². The van der Waals surface area contributed by atoms with E-state index >= 15 is 0 Å². The van der Waals surface area contributed by atoms with Crippen LogP contribution >= 0.6 is 11.3 Å². The number of carboxylic acids is 1. The highest BCUT2D eigenvalue weighted by molar-refractivity contribution is 7.13. The zero-order chi connectivity index (χ0) is 26.2. The van der Waals surface area contributed by atoms with E-state index < -0.39 is 29.8 Å². The van der Waals surface area contributed by atoms with Crippen molar-refractivity contribution < 1.29 is 28.9 Å². The fourth-order valence-corrected chi connectivity index (χ4v) is 4.94. The number of thiazole rings is 1. The number of fused-ring (bicyclic) bond motifs is 1. The molecule has 0 bridgehead atoms. The molecule has 1 saturated heterocycles. The highest BCUT2D eigenvalue weighted by Crippen LogP contribution is 2.36. The number of aliphatic carboxylic acids is 1. The maximum Gasteiger partial charge on any atom is 0.411 e. The molecule has 0 spiro atoms. The van der Waals surface area contributed by atoms with Crippen LogP contribution in [0.25, 0.3) is 21.6 Å². The monoisotopic (exact) mass is 513 g/mol. The lowest BCUT2D eigenvalue weighted by molar-refractivity contribution is -0.142. The standard InChI is InChI=1S/C26H31N3O6S/c1-14(2)20-13-36-23(28-20)19-11-22(17-8-7-15(33-6)9-18(17)27-19)34-16-10-21(24(30)31)29(12-16)25(32)35-26(3,4)5/h7-9,11,13-14,16,21H,10,12H2,1-6H3,(H,30,31)/t16-,21+/m1/s1. The van der Waals surface area contributed by atoms with Gasteiger partial charge in [0.15, 0.2) is 0 Å². The van der Waals surface area contributed by atoms with Gasteiger partial charge in [0.2, 0.25) is 0 Å². The smallest absolute Gasteiger partial charge is 0.411 e. The van der Waals surface area contributed by atoms with Crippen molar-refractivity contribution in [1.82, 2.24) is 14.9 Å². The summed E-state index contributed by atoms with van der Waals surface area (Å²) < 4.78 is 17.2. The number of pyridine rings is 1. The summed E-state index contributed by atoms with van der Waals surface area (Å²) in [7, 11) is 1.59. The zero-order valence-corrected chi connectivity index (χ0v) is 22.1. The Hall–Kier alpha value is -3.40. The third kappa shape index (κ3) is 5.53. The van der Waals surface area contributed by atoms with Gasteiger partial charge in [-0.25, -0.2) is 19.6 Å². The van der Waals surface area contributed by atoms with Crippen molar-refractivity contribution in [2.45, 2.75) is 64.7 Å². The van der Waals surface area contributed by atoms with Gasteiger partial charge in [0, 0.05) is 29.3 Å². The molecule has 0 unspecified atom stereocenters. The van der Waals surface area contributed by atoms with E-state index in [-0.39, 0.29) is 18.9 Å². The van der Waals surface area contributed by atoms with Crippen LogP contribution in [-0.2, 0) is 9.53 Å². The van der Waals surface area contributed by atoms with Gasteiger partial charge in [-0.3, -0.25) is 4.90 Å². The van der Waals surface area contributed by atoms with Crippen LogP contribution in [0.4, 0.5) is 4.79 Å². The first-order valence-corrected chi connectivity index (χ1v) is 12.7. The van der Waals surface area contributed by atoms with Crippen LogP contribution in [0, 0.1) is 0 Å². The zero-order valence-electron chi connectivity index (χ0n) is 21.3. The van der Waals surface area contributed by atoms with Gasteiger partial charge in [-0.05, 0) is 38.8 Å². The normalized spacial score (nSPS) is 18.0. The minimum atomic E-state index is -1.10. The summed E-state index contributed by atoms with van der Waals surface area (Å²) in [5.41, 5.74) is 1.56. The minimum absolute atomic E-state index is 0.0932. The molecule has 1 amide bonds. The molecule has 9 nitrogen and oxygen atoms in total. The molecule has 3 heterocycles. The van der Waals surface area contributed by atoms with Gasteiger partial charge in [0.1, 0.15) is 39.9 Å². The van der Waals surface area contributed by atoms with Gasteiger partial charge in [-0.15, -0.1) is 11.3 Å². The Morgan fingerprint density at radius 3 is 2.56 bits per heavy atom. The van der Waals surface area contributed by atoms with Crippen LogP contribution < -0.4 is 9.47 Å².